The Bertz CT molecular complexity index is 581. The van der Waals surface area contributed by atoms with Gasteiger partial charge < -0.3 is 9.88 Å². The van der Waals surface area contributed by atoms with E-state index in [1.807, 2.05) is 26.0 Å². The molecular formula is C13H14BrN3O. The van der Waals surface area contributed by atoms with E-state index in [1.165, 1.54) is 0 Å². The molecule has 1 aromatic heterocycles. The third-order valence-corrected chi connectivity index (χ3v) is 3.35. The van der Waals surface area contributed by atoms with Crippen molar-refractivity contribution in [3.63, 3.8) is 0 Å². The summed E-state index contributed by atoms with van der Waals surface area (Å²) in [5.74, 6) is -0.164. The molecule has 0 bridgehead atoms. The molecule has 1 aromatic carbocycles. The van der Waals surface area contributed by atoms with Gasteiger partial charge in [-0.25, -0.2) is 4.98 Å². The summed E-state index contributed by atoms with van der Waals surface area (Å²) in [6, 6.07) is 4.01. The summed E-state index contributed by atoms with van der Waals surface area (Å²) in [5, 5.41) is 2.90. The van der Waals surface area contributed by atoms with Crippen LogP contribution in [0.2, 0.25) is 0 Å². The van der Waals surface area contributed by atoms with Gasteiger partial charge in [-0.3, -0.25) is 4.79 Å². The normalized spacial score (nSPS) is 10.4. The Kier molecular flexibility index (Phi) is 3.52. The van der Waals surface area contributed by atoms with Crippen LogP contribution >= 0.6 is 15.9 Å². The zero-order chi connectivity index (χ0) is 13.3. The number of hydrogen-bond acceptors (Lipinski definition) is 2. The predicted molar refractivity (Wildman–Crippen MR) is 74.8 cm³/mol. The first-order valence-corrected chi connectivity index (χ1v) is 6.32. The van der Waals surface area contributed by atoms with Crippen LogP contribution in [0.4, 0.5) is 5.69 Å². The maximum Gasteiger partial charge on any atom is 0.273 e. The average molecular weight is 308 g/mol. The lowest BCUT2D eigenvalue weighted by Gasteiger charge is -2.11. The SMILES string of the molecule is Cc1cc(C)c(NC(=O)c2cncn2C)c(Br)c1. The molecule has 1 amide bonds. The van der Waals surface area contributed by atoms with E-state index in [2.05, 4.69) is 26.2 Å². The van der Waals surface area contributed by atoms with Crippen molar-refractivity contribution in [2.45, 2.75) is 13.8 Å². The van der Waals surface area contributed by atoms with Crippen molar-refractivity contribution >= 4 is 27.5 Å². The Hall–Kier alpha value is -1.62. The van der Waals surface area contributed by atoms with Crippen molar-refractivity contribution < 1.29 is 4.79 Å². The van der Waals surface area contributed by atoms with Crippen LogP contribution in [0.3, 0.4) is 0 Å². The zero-order valence-corrected chi connectivity index (χ0v) is 12.1. The van der Waals surface area contributed by atoms with Crippen molar-refractivity contribution in [2.75, 3.05) is 5.32 Å². The third-order valence-electron chi connectivity index (χ3n) is 2.72. The number of carbonyl (C=O) groups is 1. The van der Waals surface area contributed by atoms with E-state index in [1.54, 1.807) is 24.1 Å². The molecule has 0 aliphatic rings. The van der Waals surface area contributed by atoms with Crippen LogP contribution in [0.5, 0.6) is 0 Å². The van der Waals surface area contributed by atoms with Gasteiger partial charge in [-0.05, 0) is 47.0 Å². The van der Waals surface area contributed by atoms with Crippen LogP contribution in [-0.4, -0.2) is 15.5 Å². The second-order valence-electron chi connectivity index (χ2n) is 4.28. The molecule has 4 nitrogen and oxygen atoms in total. The lowest BCUT2D eigenvalue weighted by Crippen LogP contribution is -2.16. The first-order valence-electron chi connectivity index (χ1n) is 5.53. The second-order valence-corrected chi connectivity index (χ2v) is 5.14. The minimum Gasteiger partial charge on any atom is -0.330 e. The molecule has 0 atom stereocenters. The second kappa shape index (κ2) is 4.94. The average Bonchev–Trinajstić information content (AvgIpc) is 2.69. The minimum atomic E-state index is -0.164. The first-order chi connectivity index (χ1) is 8.49. The maximum absolute atomic E-state index is 12.1. The molecule has 0 spiro atoms. The molecule has 0 aliphatic heterocycles. The van der Waals surface area contributed by atoms with Crippen LogP contribution in [0.15, 0.2) is 29.1 Å². The summed E-state index contributed by atoms with van der Waals surface area (Å²) in [5.41, 5.74) is 3.50. The zero-order valence-electron chi connectivity index (χ0n) is 10.5. The molecule has 0 saturated heterocycles. The minimum absolute atomic E-state index is 0.164. The summed E-state index contributed by atoms with van der Waals surface area (Å²) in [4.78, 5) is 16.0. The fraction of sp³-hybridized carbons (Fsp3) is 0.231. The molecule has 2 rings (SSSR count). The van der Waals surface area contributed by atoms with Crippen LogP contribution in [0.1, 0.15) is 21.6 Å². The van der Waals surface area contributed by atoms with Gasteiger partial charge in [-0.2, -0.15) is 0 Å². The number of halogens is 1. The topological polar surface area (TPSA) is 46.9 Å². The quantitative estimate of drug-likeness (QED) is 0.927. The standard InChI is InChI=1S/C13H14BrN3O/c1-8-4-9(2)12(10(14)5-8)16-13(18)11-6-15-7-17(11)3/h4-7H,1-3H3,(H,16,18). The van der Waals surface area contributed by atoms with Gasteiger partial charge in [0, 0.05) is 11.5 Å². The van der Waals surface area contributed by atoms with Gasteiger partial charge in [-0.15, -0.1) is 0 Å². The Morgan fingerprint density at radius 2 is 2.11 bits per heavy atom. The number of benzene rings is 1. The highest BCUT2D eigenvalue weighted by molar-refractivity contribution is 9.10. The van der Waals surface area contributed by atoms with Crippen LogP contribution in [-0.2, 0) is 7.05 Å². The Morgan fingerprint density at radius 3 is 2.67 bits per heavy atom. The van der Waals surface area contributed by atoms with Crippen LogP contribution in [0, 0.1) is 13.8 Å². The van der Waals surface area contributed by atoms with E-state index in [0.29, 0.717) is 5.69 Å². The van der Waals surface area contributed by atoms with E-state index in [0.717, 1.165) is 21.3 Å². The van der Waals surface area contributed by atoms with E-state index >= 15 is 0 Å². The highest BCUT2D eigenvalue weighted by Crippen LogP contribution is 2.28. The summed E-state index contributed by atoms with van der Waals surface area (Å²) in [7, 11) is 1.79. The molecule has 5 heteroatoms. The van der Waals surface area contributed by atoms with Gasteiger partial charge in [0.2, 0.25) is 0 Å². The fourth-order valence-corrected chi connectivity index (χ4v) is 2.60. The Balaban J connectivity index is 2.31. The first kappa shape index (κ1) is 12.8. The van der Waals surface area contributed by atoms with Gasteiger partial charge in [0.25, 0.3) is 5.91 Å². The van der Waals surface area contributed by atoms with Crippen molar-refractivity contribution in [2.24, 2.45) is 7.05 Å². The Morgan fingerprint density at radius 1 is 1.39 bits per heavy atom. The third kappa shape index (κ3) is 2.46. The molecule has 0 radical (unpaired) electrons. The molecule has 1 heterocycles. The van der Waals surface area contributed by atoms with E-state index in [9.17, 15) is 4.79 Å². The molecular weight excluding hydrogens is 294 g/mol. The molecule has 18 heavy (non-hydrogen) atoms. The number of anilines is 1. The monoisotopic (exact) mass is 307 g/mol. The van der Waals surface area contributed by atoms with Gasteiger partial charge >= 0.3 is 0 Å². The number of nitrogens with zero attached hydrogens (tertiary/aromatic N) is 2. The summed E-state index contributed by atoms with van der Waals surface area (Å²) in [6.07, 6.45) is 3.15. The van der Waals surface area contributed by atoms with Crippen molar-refractivity contribution in [3.05, 3.63) is 46.0 Å². The highest BCUT2D eigenvalue weighted by atomic mass is 79.9. The molecule has 1 N–H and O–H groups in total. The van der Waals surface area contributed by atoms with E-state index < -0.39 is 0 Å². The highest BCUT2D eigenvalue weighted by Gasteiger charge is 2.13. The number of hydrogen-bond donors (Lipinski definition) is 1. The lowest BCUT2D eigenvalue weighted by atomic mass is 10.1. The van der Waals surface area contributed by atoms with Gasteiger partial charge in [-0.1, -0.05) is 6.07 Å². The van der Waals surface area contributed by atoms with Crippen molar-refractivity contribution in [3.8, 4) is 0 Å². The molecule has 94 valence electrons. The van der Waals surface area contributed by atoms with E-state index in [-0.39, 0.29) is 5.91 Å². The summed E-state index contributed by atoms with van der Waals surface area (Å²) >= 11 is 3.47. The molecule has 0 fully saturated rings. The largest absolute Gasteiger partial charge is 0.330 e. The van der Waals surface area contributed by atoms with Crippen molar-refractivity contribution in [1.82, 2.24) is 9.55 Å². The maximum atomic E-state index is 12.1. The number of aromatic nitrogens is 2. The smallest absolute Gasteiger partial charge is 0.273 e. The number of rotatable bonds is 2. The number of amides is 1. The Labute approximate surface area is 114 Å². The van der Waals surface area contributed by atoms with Crippen LogP contribution < -0.4 is 5.32 Å². The molecule has 0 saturated carbocycles. The lowest BCUT2D eigenvalue weighted by molar-refractivity contribution is 0.101. The van der Waals surface area contributed by atoms with Crippen LogP contribution in [0.25, 0.3) is 0 Å². The fourth-order valence-electron chi connectivity index (χ4n) is 1.83. The number of imidazole rings is 1. The van der Waals surface area contributed by atoms with Gasteiger partial charge in [0.1, 0.15) is 5.69 Å². The number of carbonyl (C=O) groups excluding carboxylic acids is 1. The number of aryl methyl sites for hydroxylation is 3. The van der Waals surface area contributed by atoms with Crippen molar-refractivity contribution in [1.29, 1.82) is 0 Å². The van der Waals surface area contributed by atoms with Gasteiger partial charge in [0.05, 0.1) is 18.2 Å². The van der Waals surface area contributed by atoms with E-state index in [4.69, 9.17) is 0 Å². The molecule has 0 aliphatic carbocycles. The van der Waals surface area contributed by atoms with Gasteiger partial charge in [0.15, 0.2) is 0 Å². The predicted octanol–water partition coefficient (Wildman–Crippen LogP) is 3.05. The molecule has 0 unspecified atom stereocenters. The summed E-state index contributed by atoms with van der Waals surface area (Å²) < 4.78 is 2.57. The summed E-state index contributed by atoms with van der Waals surface area (Å²) in [6.45, 7) is 3.99. The number of nitrogens with one attached hydrogen (secondary N) is 1. The molecule has 2 aromatic rings.